The molecule has 1 amide bonds. The first kappa shape index (κ1) is 21.8. The number of aryl methyl sites for hydroxylation is 1. The average molecular weight is 458 g/mol. The topological polar surface area (TPSA) is 113 Å². The molecule has 8 nitrogen and oxygen atoms in total. The summed E-state index contributed by atoms with van der Waals surface area (Å²) in [6.45, 7) is 2.26. The van der Waals surface area contributed by atoms with Gasteiger partial charge in [-0.3, -0.25) is 9.52 Å². The summed E-state index contributed by atoms with van der Waals surface area (Å²) in [5.74, 6) is -0.767. The van der Waals surface area contributed by atoms with Crippen LogP contribution in [0.15, 0.2) is 39.9 Å². The maximum absolute atomic E-state index is 12.7. The Balaban J connectivity index is 1.72. The minimum Gasteiger partial charge on any atom is -0.326 e. The molecular weight excluding hydrogens is 434 g/mol. The highest BCUT2D eigenvalue weighted by Crippen LogP contribution is 2.28. The van der Waals surface area contributed by atoms with Crippen LogP contribution in [0, 0.1) is 12.8 Å². The molecule has 11 heteroatoms. The van der Waals surface area contributed by atoms with E-state index in [1.54, 1.807) is 42.6 Å². The summed E-state index contributed by atoms with van der Waals surface area (Å²) >= 11 is 1.16. The van der Waals surface area contributed by atoms with Crippen LogP contribution in [-0.4, -0.2) is 46.4 Å². The second kappa shape index (κ2) is 8.42. The molecule has 2 N–H and O–H groups in total. The lowest BCUT2D eigenvalue weighted by molar-refractivity contribution is -0.120. The molecule has 0 bridgehead atoms. The van der Waals surface area contributed by atoms with Crippen LogP contribution in [0.3, 0.4) is 0 Å². The number of nitrogens with zero attached hydrogens (tertiary/aromatic N) is 1. The highest BCUT2D eigenvalue weighted by Gasteiger charge is 2.33. The number of sulfonamides is 2. The number of nitrogens with one attached hydrogen (secondary N) is 2. The van der Waals surface area contributed by atoms with E-state index < -0.39 is 26.0 Å². The summed E-state index contributed by atoms with van der Waals surface area (Å²) in [7, 11) is -7.04. The molecule has 1 unspecified atom stereocenters. The first-order chi connectivity index (χ1) is 13.6. The van der Waals surface area contributed by atoms with E-state index in [-0.39, 0.29) is 16.7 Å². The van der Waals surface area contributed by atoms with Gasteiger partial charge in [0.05, 0.1) is 17.9 Å². The van der Waals surface area contributed by atoms with Crippen LogP contribution in [0.25, 0.3) is 0 Å². The van der Waals surface area contributed by atoms with Crippen molar-refractivity contribution in [2.75, 3.05) is 29.4 Å². The SMILES string of the molecule is Cc1ccc(NC(=O)C2CCCN(S(=O)(=O)c3cccs3)C2)cc1NS(C)(=O)=O. The van der Waals surface area contributed by atoms with Gasteiger partial charge in [0.1, 0.15) is 4.21 Å². The molecule has 1 atom stereocenters. The van der Waals surface area contributed by atoms with Crippen LogP contribution >= 0.6 is 11.3 Å². The van der Waals surface area contributed by atoms with E-state index in [4.69, 9.17) is 0 Å². The Morgan fingerprint density at radius 3 is 2.62 bits per heavy atom. The predicted octanol–water partition coefficient (Wildman–Crippen LogP) is 2.47. The molecule has 0 radical (unpaired) electrons. The van der Waals surface area contributed by atoms with E-state index in [9.17, 15) is 21.6 Å². The lowest BCUT2D eigenvalue weighted by Crippen LogP contribution is -2.43. The number of rotatable bonds is 6. The van der Waals surface area contributed by atoms with Crippen molar-refractivity contribution in [3.63, 3.8) is 0 Å². The van der Waals surface area contributed by atoms with Gasteiger partial charge < -0.3 is 5.32 Å². The number of benzene rings is 1. The fourth-order valence-electron chi connectivity index (χ4n) is 3.17. The summed E-state index contributed by atoms with van der Waals surface area (Å²) in [6.07, 6.45) is 2.24. The summed E-state index contributed by atoms with van der Waals surface area (Å²) in [5.41, 5.74) is 1.56. The summed E-state index contributed by atoms with van der Waals surface area (Å²) < 4.78 is 52.5. The summed E-state index contributed by atoms with van der Waals surface area (Å²) in [6, 6.07) is 8.19. The minimum absolute atomic E-state index is 0.117. The van der Waals surface area contributed by atoms with Crippen molar-refractivity contribution in [3.8, 4) is 0 Å². The molecule has 1 aliphatic rings. The highest BCUT2D eigenvalue weighted by atomic mass is 32.2. The second-order valence-corrected chi connectivity index (χ2v) is 11.9. The van der Waals surface area contributed by atoms with Gasteiger partial charge in [0.15, 0.2) is 0 Å². The first-order valence-electron chi connectivity index (χ1n) is 8.99. The zero-order valence-corrected chi connectivity index (χ0v) is 18.5. The number of carbonyl (C=O) groups excluding carboxylic acids is 1. The zero-order valence-electron chi connectivity index (χ0n) is 16.1. The quantitative estimate of drug-likeness (QED) is 0.692. The van der Waals surface area contributed by atoms with Gasteiger partial charge in [-0.25, -0.2) is 16.8 Å². The van der Waals surface area contributed by atoms with Gasteiger partial charge in [-0.2, -0.15) is 4.31 Å². The molecule has 2 heterocycles. The Kier molecular flexibility index (Phi) is 6.32. The van der Waals surface area contributed by atoms with E-state index in [1.165, 1.54) is 4.31 Å². The molecule has 29 heavy (non-hydrogen) atoms. The fraction of sp³-hybridized carbons (Fsp3) is 0.389. The smallest absolute Gasteiger partial charge is 0.252 e. The lowest BCUT2D eigenvalue weighted by Gasteiger charge is -2.30. The monoisotopic (exact) mass is 457 g/mol. The Morgan fingerprint density at radius 2 is 1.97 bits per heavy atom. The molecule has 2 aromatic rings. The predicted molar refractivity (Wildman–Crippen MR) is 114 cm³/mol. The van der Waals surface area contributed by atoms with Gasteiger partial charge in [-0.1, -0.05) is 12.1 Å². The molecule has 1 aliphatic heterocycles. The van der Waals surface area contributed by atoms with Crippen LogP contribution in [0.2, 0.25) is 0 Å². The highest BCUT2D eigenvalue weighted by molar-refractivity contribution is 7.92. The fourth-order valence-corrected chi connectivity index (χ4v) is 6.45. The number of anilines is 2. The molecule has 1 fully saturated rings. The minimum atomic E-state index is -3.60. The second-order valence-electron chi connectivity index (χ2n) is 7.03. The van der Waals surface area contributed by atoms with Crippen molar-refractivity contribution < 1.29 is 21.6 Å². The summed E-state index contributed by atoms with van der Waals surface area (Å²) in [4.78, 5) is 12.7. The van der Waals surface area contributed by atoms with Gasteiger partial charge >= 0.3 is 0 Å². The molecule has 3 rings (SSSR count). The van der Waals surface area contributed by atoms with Crippen LogP contribution < -0.4 is 10.0 Å². The maximum Gasteiger partial charge on any atom is 0.252 e. The molecule has 158 valence electrons. The van der Waals surface area contributed by atoms with Crippen molar-refractivity contribution in [1.82, 2.24) is 4.31 Å². The Morgan fingerprint density at radius 1 is 1.21 bits per heavy atom. The maximum atomic E-state index is 12.7. The molecule has 1 aromatic heterocycles. The first-order valence-corrected chi connectivity index (χ1v) is 13.2. The third-order valence-corrected chi connectivity index (χ3v) is 8.47. The van der Waals surface area contributed by atoms with E-state index >= 15 is 0 Å². The number of thiophene rings is 1. The Hall–Kier alpha value is -1.95. The van der Waals surface area contributed by atoms with E-state index in [0.717, 1.165) is 23.2 Å². The van der Waals surface area contributed by atoms with Gasteiger partial charge in [0, 0.05) is 18.8 Å². The van der Waals surface area contributed by atoms with E-state index in [0.29, 0.717) is 30.8 Å². The molecule has 1 aromatic carbocycles. The van der Waals surface area contributed by atoms with Gasteiger partial charge in [0.25, 0.3) is 10.0 Å². The van der Waals surface area contributed by atoms with Crippen molar-refractivity contribution >= 4 is 48.7 Å². The number of piperidine rings is 1. The molecule has 0 saturated carbocycles. The van der Waals surface area contributed by atoms with Crippen molar-refractivity contribution in [2.24, 2.45) is 5.92 Å². The van der Waals surface area contributed by atoms with E-state index in [2.05, 4.69) is 10.0 Å². The van der Waals surface area contributed by atoms with Crippen molar-refractivity contribution in [1.29, 1.82) is 0 Å². The average Bonchev–Trinajstić information content (AvgIpc) is 3.19. The number of amides is 1. The normalized spacial score (nSPS) is 18.3. The van der Waals surface area contributed by atoms with Crippen LogP contribution in [-0.2, 0) is 24.8 Å². The molecule has 0 aliphatic carbocycles. The standard InChI is InChI=1S/C18H23N3O5S3/c1-13-7-8-15(11-16(13)20-28(2,23)24)19-18(22)14-5-3-9-21(12-14)29(25,26)17-6-4-10-27-17/h4,6-8,10-11,14,20H,3,5,9,12H2,1-2H3,(H,19,22). The van der Waals surface area contributed by atoms with Crippen LogP contribution in [0.4, 0.5) is 11.4 Å². The van der Waals surface area contributed by atoms with Crippen LogP contribution in [0.1, 0.15) is 18.4 Å². The lowest BCUT2D eigenvalue weighted by atomic mass is 9.98. The Labute approximate surface area is 175 Å². The van der Waals surface area contributed by atoms with Gasteiger partial charge in [-0.15, -0.1) is 11.3 Å². The number of hydrogen-bond acceptors (Lipinski definition) is 6. The van der Waals surface area contributed by atoms with Gasteiger partial charge in [-0.05, 0) is 48.9 Å². The zero-order chi connectivity index (χ0) is 21.2. The third kappa shape index (κ3) is 5.35. The molecular formula is C18H23N3O5S3. The van der Waals surface area contributed by atoms with Gasteiger partial charge in [0.2, 0.25) is 15.9 Å². The third-order valence-electron chi connectivity index (χ3n) is 4.64. The molecule has 1 saturated heterocycles. The van der Waals surface area contributed by atoms with Crippen molar-refractivity contribution in [2.45, 2.75) is 24.0 Å². The summed E-state index contributed by atoms with van der Waals surface area (Å²) in [5, 5.41) is 4.49. The number of hydrogen-bond donors (Lipinski definition) is 2. The van der Waals surface area contributed by atoms with E-state index in [1.807, 2.05) is 0 Å². The largest absolute Gasteiger partial charge is 0.326 e. The Bertz CT molecular complexity index is 1100. The van der Waals surface area contributed by atoms with Crippen LogP contribution in [0.5, 0.6) is 0 Å². The van der Waals surface area contributed by atoms with Crippen molar-refractivity contribution in [3.05, 3.63) is 41.3 Å². The molecule has 0 spiro atoms. The number of carbonyl (C=O) groups is 1.